The summed E-state index contributed by atoms with van der Waals surface area (Å²) in [6, 6.07) is 19.3. The van der Waals surface area contributed by atoms with Crippen LogP contribution in [0, 0.1) is 5.41 Å². The van der Waals surface area contributed by atoms with E-state index in [4.69, 9.17) is 47.4 Å². The number of benzene rings is 2. The van der Waals surface area contributed by atoms with Crippen LogP contribution >= 0.6 is 23.2 Å². The number of aliphatic carboxylic acids is 1. The normalized spacial score (nSPS) is 25.9. The quantitative estimate of drug-likeness (QED) is 0.144. The van der Waals surface area contributed by atoms with Crippen molar-refractivity contribution in [1.82, 2.24) is 25.1 Å². The molecule has 2 aromatic heterocycles. The lowest BCUT2D eigenvalue weighted by Crippen LogP contribution is -2.56. The zero-order chi connectivity index (χ0) is 40.3. The lowest BCUT2D eigenvalue weighted by molar-refractivity contribution is -0.160. The van der Waals surface area contributed by atoms with Gasteiger partial charge in [-0.15, -0.1) is 0 Å². The van der Waals surface area contributed by atoms with E-state index in [-0.39, 0.29) is 24.1 Å². The summed E-state index contributed by atoms with van der Waals surface area (Å²) in [7, 11) is 3.22. The minimum absolute atomic E-state index is 0.160. The van der Waals surface area contributed by atoms with Crippen LogP contribution in [0.2, 0.25) is 10.0 Å². The highest BCUT2D eigenvalue weighted by Gasteiger charge is 2.50. The number of pyridine rings is 2. The molecular formula is C45H49Cl2N5O6. The van der Waals surface area contributed by atoms with Gasteiger partial charge < -0.3 is 29.5 Å². The highest BCUT2D eigenvalue weighted by molar-refractivity contribution is 6.36. The molecule has 2 aliphatic carbocycles. The Morgan fingerprint density at radius 1 is 0.879 bits per heavy atom. The number of hydrogen-bond donors (Lipinski definition) is 2. The first-order valence-corrected chi connectivity index (χ1v) is 21.2. The molecule has 58 heavy (non-hydrogen) atoms. The standard InChI is InChI=1S/C45H49Cl2N5O6/c1-25(53)52-29-11-14-38(52)37(21-29)48-22-26-10-13-36(49-41(26)56-2)34-9-5-8-33(40(34)47)30-6-4-7-32-31(30)12-15-39(32)58-43-35(46)20-27(42(50-43)57-3)23-51-24-45(44(54)55)18-16-28(51)17-19-45/h4-10,13,20,28-29,37-39,48H,11-12,14-19,21-24H2,1-3H3,(H,54,55)/t28?,29?,37?,38?,39-,45?/m0/s1. The molecule has 4 saturated heterocycles. The highest BCUT2D eigenvalue weighted by atomic mass is 35.5. The number of ether oxygens (including phenoxy) is 3. The third-order valence-electron chi connectivity index (χ3n) is 13.6. The van der Waals surface area contributed by atoms with Gasteiger partial charge in [0.1, 0.15) is 11.1 Å². The number of piperidine rings is 2. The van der Waals surface area contributed by atoms with Gasteiger partial charge >= 0.3 is 5.97 Å². The minimum atomic E-state index is -0.708. The monoisotopic (exact) mass is 825 g/mol. The van der Waals surface area contributed by atoms with Crippen molar-refractivity contribution in [2.45, 2.75) is 108 Å². The fraction of sp³-hybridized carbons (Fsp3) is 0.467. The van der Waals surface area contributed by atoms with Crippen LogP contribution in [0.1, 0.15) is 86.6 Å². The van der Waals surface area contributed by atoms with E-state index in [1.165, 1.54) is 0 Å². The van der Waals surface area contributed by atoms with Crippen molar-refractivity contribution in [3.8, 4) is 40.0 Å². The molecule has 4 bridgehead atoms. The maximum Gasteiger partial charge on any atom is 0.310 e. The van der Waals surface area contributed by atoms with Crippen molar-refractivity contribution >= 4 is 35.1 Å². The van der Waals surface area contributed by atoms with Gasteiger partial charge in [-0.2, -0.15) is 4.98 Å². The molecule has 0 spiro atoms. The number of carboxylic acids is 1. The second kappa shape index (κ2) is 15.6. The number of halogens is 2. The Hall–Kier alpha value is -4.42. The zero-order valence-electron chi connectivity index (χ0n) is 33.1. The minimum Gasteiger partial charge on any atom is -0.481 e. The SMILES string of the molecule is COc1nc(-c2cccc(-c3cccc4c3CC[C@@H]4Oc3nc(OC)c(CN4CC5(C(=O)O)CCC4CC5)cc3Cl)c2Cl)ccc1CNC1CC2CCC1N2C(C)=O. The van der Waals surface area contributed by atoms with Gasteiger partial charge in [-0.3, -0.25) is 14.5 Å². The zero-order valence-corrected chi connectivity index (χ0v) is 34.6. The van der Waals surface area contributed by atoms with Crippen LogP contribution in [0.15, 0.2) is 54.6 Å². The summed E-state index contributed by atoms with van der Waals surface area (Å²) < 4.78 is 18.1. The molecule has 3 unspecified atom stereocenters. The molecule has 304 valence electrons. The van der Waals surface area contributed by atoms with Crippen LogP contribution in [0.4, 0.5) is 0 Å². The molecule has 0 radical (unpaired) electrons. The Morgan fingerprint density at radius 3 is 2.36 bits per heavy atom. The van der Waals surface area contributed by atoms with Crippen LogP contribution in [0.3, 0.4) is 0 Å². The summed E-state index contributed by atoms with van der Waals surface area (Å²) in [5.41, 5.74) is 6.77. The van der Waals surface area contributed by atoms with Gasteiger partial charge in [0.05, 0.1) is 30.4 Å². The molecule has 6 heterocycles. The lowest BCUT2D eigenvalue weighted by atomic mass is 9.67. The Balaban J connectivity index is 0.918. The predicted octanol–water partition coefficient (Wildman–Crippen LogP) is 8.27. The Kier molecular flexibility index (Phi) is 10.5. The Labute approximate surface area is 349 Å². The number of nitrogens with zero attached hydrogens (tertiary/aromatic N) is 4. The Bertz CT molecular complexity index is 2260. The van der Waals surface area contributed by atoms with Crippen molar-refractivity contribution in [2.75, 3.05) is 20.8 Å². The second-order valence-corrected chi connectivity index (χ2v) is 17.4. The summed E-state index contributed by atoms with van der Waals surface area (Å²) in [6.07, 6.45) is 7.53. The molecule has 5 fully saturated rings. The number of carboxylic acid groups (broad SMARTS) is 1. The third-order valence-corrected chi connectivity index (χ3v) is 14.2. The summed E-state index contributed by atoms with van der Waals surface area (Å²) in [5, 5.41) is 14.7. The largest absolute Gasteiger partial charge is 0.481 e. The van der Waals surface area contributed by atoms with Crippen molar-refractivity contribution < 1.29 is 28.9 Å². The first-order chi connectivity index (χ1) is 28.1. The predicted molar refractivity (Wildman–Crippen MR) is 221 cm³/mol. The van der Waals surface area contributed by atoms with E-state index in [9.17, 15) is 14.7 Å². The molecule has 4 atom stereocenters. The Morgan fingerprint density at radius 2 is 1.62 bits per heavy atom. The number of aromatic nitrogens is 2. The molecule has 2 N–H and O–H groups in total. The molecular weight excluding hydrogens is 777 g/mol. The fourth-order valence-corrected chi connectivity index (χ4v) is 11.2. The molecule has 4 aliphatic heterocycles. The highest BCUT2D eigenvalue weighted by Crippen LogP contribution is 2.47. The number of methoxy groups -OCH3 is 2. The average molecular weight is 827 g/mol. The molecule has 11 nitrogen and oxygen atoms in total. The van der Waals surface area contributed by atoms with Crippen molar-refractivity contribution in [3.05, 3.63) is 86.9 Å². The van der Waals surface area contributed by atoms with Crippen LogP contribution in [0.25, 0.3) is 22.4 Å². The van der Waals surface area contributed by atoms with E-state index >= 15 is 0 Å². The third kappa shape index (κ3) is 6.87. The van der Waals surface area contributed by atoms with Crippen LogP contribution in [-0.2, 0) is 29.1 Å². The summed E-state index contributed by atoms with van der Waals surface area (Å²) in [5.74, 6) is 0.728. The number of hydrogen-bond acceptors (Lipinski definition) is 9. The van der Waals surface area contributed by atoms with Gasteiger partial charge in [-0.25, -0.2) is 4.98 Å². The van der Waals surface area contributed by atoms with E-state index in [1.807, 2.05) is 42.5 Å². The number of fused-ring (bicyclic) bond motifs is 6. The van der Waals surface area contributed by atoms with Gasteiger partial charge in [0, 0.05) is 73.0 Å². The van der Waals surface area contributed by atoms with Gasteiger partial charge in [0.25, 0.3) is 0 Å². The summed E-state index contributed by atoms with van der Waals surface area (Å²) in [4.78, 5) is 38.4. The molecule has 10 rings (SSSR count). The molecule has 2 aromatic carbocycles. The molecule has 6 aliphatic rings. The van der Waals surface area contributed by atoms with Crippen molar-refractivity contribution in [3.63, 3.8) is 0 Å². The van der Waals surface area contributed by atoms with Gasteiger partial charge in [-0.1, -0.05) is 65.7 Å². The number of rotatable bonds is 12. The average Bonchev–Trinajstić information content (AvgIpc) is 3.95. The van der Waals surface area contributed by atoms with E-state index in [1.54, 1.807) is 21.1 Å². The van der Waals surface area contributed by atoms with E-state index in [0.717, 1.165) is 102 Å². The van der Waals surface area contributed by atoms with Gasteiger partial charge in [0.2, 0.25) is 23.5 Å². The number of amides is 1. The molecule has 1 saturated carbocycles. The summed E-state index contributed by atoms with van der Waals surface area (Å²) >= 11 is 14.1. The van der Waals surface area contributed by atoms with Crippen LogP contribution in [0.5, 0.6) is 17.6 Å². The van der Waals surface area contributed by atoms with Gasteiger partial charge in [0.15, 0.2) is 0 Å². The van der Waals surface area contributed by atoms with E-state index in [2.05, 4.69) is 27.2 Å². The topological polar surface area (TPSA) is 126 Å². The molecule has 13 heteroatoms. The maximum absolute atomic E-state index is 12.2. The number of nitrogens with one attached hydrogen (secondary N) is 1. The molecule has 4 aromatic rings. The number of carbonyl (C=O) groups is 2. The smallest absolute Gasteiger partial charge is 0.310 e. The van der Waals surface area contributed by atoms with Crippen molar-refractivity contribution in [1.29, 1.82) is 0 Å². The summed E-state index contributed by atoms with van der Waals surface area (Å²) in [6.45, 7) is 3.29. The van der Waals surface area contributed by atoms with Crippen LogP contribution in [-0.4, -0.2) is 81.7 Å². The van der Waals surface area contributed by atoms with E-state index in [0.29, 0.717) is 59.4 Å². The first-order valence-electron chi connectivity index (χ1n) is 20.4. The van der Waals surface area contributed by atoms with Crippen molar-refractivity contribution in [2.24, 2.45) is 5.41 Å². The number of carbonyl (C=O) groups excluding carboxylic acids is 1. The van der Waals surface area contributed by atoms with E-state index < -0.39 is 11.4 Å². The fourth-order valence-electron chi connectivity index (χ4n) is 10.7. The first kappa shape index (κ1) is 39.1. The maximum atomic E-state index is 12.2. The van der Waals surface area contributed by atoms with Crippen LogP contribution < -0.4 is 19.5 Å². The molecule has 1 amide bonds. The second-order valence-electron chi connectivity index (χ2n) is 16.7. The lowest BCUT2D eigenvalue weighted by Gasteiger charge is -2.50. The van der Waals surface area contributed by atoms with Gasteiger partial charge in [-0.05, 0) is 86.6 Å².